The van der Waals surface area contributed by atoms with E-state index in [0.717, 1.165) is 12.3 Å². The second kappa shape index (κ2) is 2.41. The second-order valence-electron chi connectivity index (χ2n) is 1.99. The average molecular weight is 163 g/mol. The molecule has 0 aromatic carbocycles. The van der Waals surface area contributed by atoms with E-state index in [-0.39, 0.29) is 0 Å². The van der Waals surface area contributed by atoms with Gasteiger partial charge < -0.3 is 0 Å². The maximum atomic E-state index is 11.9. The number of rotatable bonds is 0. The summed E-state index contributed by atoms with van der Waals surface area (Å²) in [5, 5.41) is 0. The highest BCUT2D eigenvalue weighted by Gasteiger charge is 2.40. The second-order valence-corrected chi connectivity index (χ2v) is 1.99. The summed E-state index contributed by atoms with van der Waals surface area (Å²) < 4.78 is 36.4. The molecule has 0 radical (unpaired) electrons. The number of hydrogen-bond donors (Lipinski definition) is 1. The van der Waals surface area contributed by atoms with E-state index in [9.17, 15) is 13.2 Å². The first-order chi connectivity index (χ1) is 5.02. The molecule has 0 amide bonds. The van der Waals surface area contributed by atoms with Crippen LogP contribution in [0.5, 0.6) is 0 Å². The van der Waals surface area contributed by atoms with Crippen LogP contribution >= 0.6 is 0 Å². The summed E-state index contributed by atoms with van der Waals surface area (Å²) in [4.78, 5) is 0. The number of aromatic nitrogens is 1. The molecule has 0 fully saturated rings. The molecule has 0 atom stereocenters. The van der Waals surface area contributed by atoms with Gasteiger partial charge in [-0.1, -0.05) is 4.68 Å². The molecule has 1 aromatic rings. The minimum absolute atomic E-state index is 0.542. The monoisotopic (exact) mass is 163 g/mol. The van der Waals surface area contributed by atoms with Crippen LogP contribution < -0.4 is 10.5 Å². The molecule has 1 heterocycles. The Kier molecular flexibility index (Phi) is 1.72. The highest BCUT2D eigenvalue weighted by molar-refractivity contribution is 5.00. The van der Waals surface area contributed by atoms with Crippen LogP contribution in [0, 0.1) is 0 Å². The first-order valence-electron chi connectivity index (χ1n) is 2.85. The van der Waals surface area contributed by atoms with Crippen molar-refractivity contribution in [3.8, 4) is 0 Å². The van der Waals surface area contributed by atoms with Crippen LogP contribution in [-0.2, 0) is 6.18 Å². The van der Waals surface area contributed by atoms with E-state index in [2.05, 4.69) is 0 Å². The van der Waals surface area contributed by atoms with Gasteiger partial charge in [-0.3, -0.25) is 0 Å². The van der Waals surface area contributed by atoms with E-state index < -0.39 is 11.9 Å². The fourth-order valence-electron chi connectivity index (χ4n) is 0.696. The van der Waals surface area contributed by atoms with Gasteiger partial charge in [0, 0.05) is 12.1 Å². The zero-order valence-corrected chi connectivity index (χ0v) is 5.47. The van der Waals surface area contributed by atoms with E-state index >= 15 is 0 Å². The molecule has 2 N–H and O–H groups in total. The molecule has 0 saturated heterocycles. The summed E-state index contributed by atoms with van der Waals surface area (Å²) in [6, 6.07) is 3.63. The number of hydrogen-bond acceptors (Lipinski definition) is 1. The lowest BCUT2D eigenvalue weighted by molar-refractivity contribution is -0.660. The van der Waals surface area contributed by atoms with Crippen LogP contribution in [0.2, 0.25) is 0 Å². The first-order valence-corrected chi connectivity index (χ1v) is 2.85. The van der Waals surface area contributed by atoms with Gasteiger partial charge in [0.15, 0.2) is 6.20 Å². The number of alkyl halides is 3. The molecule has 60 valence electrons. The van der Waals surface area contributed by atoms with Gasteiger partial charge in [-0.15, -0.1) is 0 Å². The van der Waals surface area contributed by atoms with E-state index in [1.54, 1.807) is 0 Å². The third-order valence-corrected chi connectivity index (χ3v) is 1.18. The van der Waals surface area contributed by atoms with Crippen molar-refractivity contribution in [1.82, 2.24) is 0 Å². The van der Waals surface area contributed by atoms with Crippen LogP contribution in [0.15, 0.2) is 24.4 Å². The van der Waals surface area contributed by atoms with Gasteiger partial charge in [-0.05, 0) is 6.07 Å². The van der Waals surface area contributed by atoms with Crippen molar-refractivity contribution in [2.45, 2.75) is 6.18 Å². The number of nitrogens with zero attached hydrogens (tertiary/aromatic N) is 1. The molecule has 0 aliphatic rings. The lowest BCUT2D eigenvalue weighted by Gasteiger charge is -2.00. The standard InChI is InChI=1S/C6H6F3N2/c7-6(8,9)5-3-1-2-4-11(5)10/h1-4H,10H2/q+1. The molecule has 11 heavy (non-hydrogen) atoms. The maximum absolute atomic E-state index is 11.9. The third kappa shape index (κ3) is 1.60. The lowest BCUT2D eigenvalue weighted by Crippen LogP contribution is -2.50. The van der Waals surface area contributed by atoms with Gasteiger partial charge in [0.05, 0.1) is 0 Å². The largest absolute Gasteiger partial charge is 0.480 e. The molecule has 1 aromatic heterocycles. The zero-order chi connectivity index (χ0) is 8.48. The maximum Gasteiger partial charge on any atom is 0.480 e. The molecule has 0 bridgehead atoms. The molecular formula is C6H6F3N2+. The van der Waals surface area contributed by atoms with Crippen molar-refractivity contribution in [2.75, 3.05) is 5.84 Å². The normalized spacial score (nSPS) is 11.5. The Hall–Kier alpha value is -1.26. The van der Waals surface area contributed by atoms with Gasteiger partial charge in [-0.25, -0.2) is 5.84 Å². The average Bonchev–Trinajstić information content (AvgIpc) is 1.86. The van der Waals surface area contributed by atoms with Gasteiger partial charge >= 0.3 is 11.9 Å². The van der Waals surface area contributed by atoms with E-state index in [1.807, 2.05) is 0 Å². The van der Waals surface area contributed by atoms with E-state index in [0.29, 0.717) is 4.68 Å². The Morgan fingerprint density at radius 1 is 1.27 bits per heavy atom. The van der Waals surface area contributed by atoms with Crippen LogP contribution in [0.1, 0.15) is 5.69 Å². The fraction of sp³-hybridized carbons (Fsp3) is 0.167. The minimum atomic E-state index is -4.38. The number of pyridine rings is 1. The first kappa shape index (κ1) is 7.84. The molecule has 0 spiro atoms. The van der Waals surface area contributed by atoms with Crippen molar-refractivity contribution >= 4 is 0 Å². The van der Waals surface area contributed by atoms with Crippen molar-refractivity contribution in [3.05, 3.63) is 30.1 Å². The van der Waals surface area contributed by atoms with Gasteiger partial charge in [0.1, 0.15) is 0 Å². The minimum Gasteiger partial charge on any atom is -0.205 e. The van der Waals surface area contributed by atoms with Crippen molar-refractivity contribution in [1.29, 1.82) is 0 Å². The highest BCUT2D eigenvalue weighted by atomic mass is 19.4. The molecule has 0 unspecified atom stereocenters. The van der Waals surface area contributed by atoms with E-state index in [1.165, 1.54) is 12.1 Å². The molecule has 0 saturated carbocycles. The summed E-state index contributed by atoms with van der Waals surface area (Å²) >= 11 is 0. The zero-order valence-electron chi connectivity index (χ0n) is 5.47. The molecule has 1 rings (SSSR count). The quantitative estimate of drug-likeness (QED) is 0.443. The Bertz CT molecular complexity index is 256. The van der Waals surface area contributed by atoms with E-state index in [4.69, 9.17) is 5.84 Å². The van der Waals surface area contributed by atoms with Crippen molar-refractivity contribution < 1.29 is 17.8 Å². The van der Waals surface area contributed by atoms with Crippen molar-refractivity contribution in [2.24, 2.45) is 0 Å². The number of nitrogens with two attached hydrogens (primary N) is 1. The molecular weight excluding hydrogens is 157 g/mol. The highest BCUT2D eigenvalue weighted by Crippen LogP contribution is 2.25. The van der Waals surface area contributed by atoms with Crippen LogP contribution in [0.25, 0.3) is 0 Å². The number of halogens is 3. The Labute approximate surface area is 61.0 Å². The van der Waals surface area contributed by atoms with Gasteiger partial charge in [0.25, 0.3) is 0 Å². The predicted octanol–water partition coefficient (Wildman–Crippen LogP) is 0.707. The predicted molar refractivity (Wildman–Crippen MR) is 31.8 cm³/mol. The summed E-state index contributed by atoms with van der Waals surface area (Å²) in [6.07, 6.45) is -3.24. The summed E-state index contributed by atoms with van der Waals surface area (Å²) in [5.74, 6) is 5.00. The Balaban J connectivity index is 3.14. The SMILES string of the molecule is N[n+]1ccccc1C(F)(F)F. The third-order valence-electron chi connectivity index (χ3n) is 1.18. The van der Waals surface area contributed by atoms with Crippen LogP contribution in [0.4, 0.5) is 13.2 Å². The van der Waals surface area contributed by atoms with Gasteiger partial charge in [-0.2, -0.15) is 13.2 Å². The topological polar surface area (TPSA) is 29.9 Å². The Morgan fingerprint density at radius 2 is 1.91 bits per heavy atom. The summed E-state index contributed by atoms with van der Waals surface area (Å²) in [7, 11) is 0. The molecule has 2 nitrogen and oxygen atoms in total. The molecule has 0 aliphatic heterocycles. The molecule has 0 aliphatic carbocycles. The van der Waals surface area contributed by atoms with Gasteiger partial charge in [0.2, 0.25) is 0 Å². The number of nitrogen functional groups attached to an aromatic ring is 1. The smallest absolute Gasteiger partial charge is 0.205 e. The van der Waals surface area contributed by atoms with Crippen LogP contribution in [-0.4, -0.2) is 0 Å². The Morgan fingerprint density at radius 3 is 2.27 bits per heavy atom. The van der Waals surface area contributed by atoms with Crippen LogP contribution in [0.3, 0.4) is 0 Å². The molecule has 5 heteroatoms. The lowest BCUT2D eigenvalue weighted by atomic mass is 10.3. The summed E-state index contributed by atoms with van der Waals surface area (Å²) in [5.41, 5.74) is -0.861. The fourth-order valence-corrected chi connectivity index (χ4v) is 0.696. The summed E-state index contributed by atoms with van der Waals surface area (Å²) in [6.45, 7) is 0. The van der Waals surface area contributed by atoms with Crippen molar-refractivity contribution in [3.63, 3.8) is 0 Å².